The molecule has 9 nitrogen and oxygen atoms in total. The molecule has 2 aliphatic heterocycles. The van der Waals surface area contributed by atoms with Gasteiger partial charge in [0.05, 0.1) is 39.6 Å². The van der Waals surface area contributed by atoms with E-state index in [0.717, 1.165) is 49.5 Å². The van der Waals surface area contributed by atoms with Gasteiger partial charge in [0.2, 0.25) is 5.91 Å². The molecule has 2 aromatic carbocycles. The summed E-state index contributed by atoms with van der Waals surface area (Å²) in [5.41, 5.74) is 3.49. The number of aromatic nitrogens is 3. The van der Waals surface area contributed by atoms with Gasteiger partial charge in [0.1, 0.15) is 5.75 Å². The van der Waals surface area contributed by atoms with E-state index in [9.17, 15) is 9.90 Å². The Morgan fingerprint density at radius 2 is 1.83 bits per heavy atom. The molecule has 2 N–H and O–H groups in total. The van der Waals surface area contributed by atoms with E-state index in [1.807, 2.05) is 15.8 Å². The molecule has 226 valence electrons. The van der Waals surface area contributed by atoms with Crippen molar-refractivity contribution in [3.63, 3.8) is 0 Å². The van der Waals surface area contributed by atoms with Gasteiger partial charge in [-0.2, -0.15) is 0 Å². The first kappa shape index (κ1) is 30.4. The molecule has 42 heavy (non-hydrogen) atoms. The predicted molar refractivity (Wildman–Crippen MR) is 167 cm³/mol. The largest absolute Gasteiger partial charge is 0.497 e. The summed E-state index contributed by atoms with van der Waals surface area (Å²) in [6.07, 6.45) is 5.50. The van der Waals surface area contributed by atoms with Crippen molar-refractivity contribution in [2.24, 2.45) is 5.92 Å². The first-order chi connectivity index (χ1) is 20.3. The molecule has 1 aromatic heterocycles. The molecule has 3 aromatic rings. The topological polar surface area (TPSA) is 102 Å². The third-order valence-corrected chi connectivity index (χ3v) is 13.6. The minimum absolute atomic E-state index is 0.0733. The van der Waals surface area contributed by atoms with Crippen LogP contribution in [0.1, 0.15) is 31.0 Å². The Bertz CT molecular complexity index is 1310. The van der Waals surface area contributed by atoms with Crippen molar-refractivity contribution in [1.82, 2.24) is 20.3 Å². The van der Waals surface area contributed by atoms with E-state index >= 15 is 0 Å². The molecule has 0 spiro atoms. The number of aryl methyl sites for hydroxylation is 2. The number of ether oxygens (including phenoxy) is 2. The molecule has 0 saturated carbocycles. The summed E-state index contributed by atoms with van der Waals surface area (Å²) >= 11 is 0. The zero-order chi connectivity index (χ0) is 29.7. The Morgan fingerprint density at radius 3 is 2.52 bits per heavy atom. The number of rotatable bonds is 12. The maximum Gasteiger partial charge on any atom is 0.240 e. The predicted octanol–water partition coefficient (Wildman–Crippen LogP) is 3.17. The minimum atomic E-state index is -1.94. The lowest BCUT2D eigenvalue weighted by atomic mass is 9.95. The van der Waals surface area contributed by atoms with Crippen LogP contribution in [0, 0.1) is 5.92 Å². The van der Waals surface area contributed by atoms with Gasteiger partial charge in [-0.1, -0.05) is 54.7 Å². The summed E-state index contributed by atoms with van der Waals surface area (Å²) in [5, 5.41) is 22.3. The number of nitrogens with one attached hydrogen (secondary N) is 1. The average Bonchev–Trinajstić information content (AvgIpc) is 3.59. The average molecular weight is 592 g/mol. The van der Waals surface area contributed by atoms with E-state index in [0.29, 0.717) is 31.0 Å². The molecule has 1 amide bonds. The van der Waals surface area contributed by atoms with Crippen molar-refractivity contribution >= 4 is 24.9 Å². The lowest BCUT2D eigenvalue weighted by molar-refractivity contribution is -0.118. The van der Waals surface area contributed by atoms with Crippen LogP contribution >= 0.6 is 0 Å². The SMILES string of the molecule is COc1ccc([Si](C)(C)[C@@H]2[C@@H](C)[C@@H](CCc3ccc(N4CCNCC4=O)cc3)O[C@H]2CCn2cc(CCO)nn2)cc1. The van der Waals surface area contributed by atoms with Gasteiger partial charge in [0, 0.05) is 44.5 Å². The quantitative estimate of drug-likeness (QED) is 0.312. The van der Waals surface area contributed by atoms with Crippen LogP contribution in [0.15, 0.2) is 54.7 Å². The molecule has 5 rings (SSSR count). The van der Waals surface area contributed by atoms with E-state index < -0.39 is 8.07 Å². The van der Waals surface area contributed by atoms with Gasteiger partial charge in [-0.25, -0.2) is 0 Å². The number of hydrogen-bond acceptors (Lipinski definition) is 7. The monoisotopic (exact) mass is 591 g/mol. The van der Waals surface area contributed by atoms with Crippen molar-refractivity contribution in [3.05, 3.63) is 66.0 Å². The van der Waals surface area contributed by atoms with Gasteiger partial charge in [0.15, 0.2) is 0 Å². The number of aliphatic hydroxyl groups is 1. The molecule has 0 radical (unpaired) electrons. The molecule has 0 aliphatic carbocycles. The van der Waals surface area contributed by atoms with Gasteiger partial charge in [-0.3, -0.25) is 9.48 Å². The summed E-state index contributed by atoms with van der Waals surface area (Å²) < 4.78 is 14.2. The summed E-state index contributed by atoms with van der Waals surface area (Å²) in [6.45, 7) is 10.1. The molecule has 2 aliphatic rings. The second-order valence-corrected chi connectivity index (χ2v) is 16.9. The second-order valence-electron chi connectivity index (χ2n) is 12.2. The van der Waals surface area contributed by atoms with Crippen molar-refractivity contribution in [2.45, 2.75) is 70.0 Å². The van der Waals surface area contributed by atoms with Gasteiger partial charge in [0.25, 0.3) is 0 Å². The van der Waals surface area contributed by atoms with Crippen molar-refractivity contribution in [1.29, 1.82) is 0 Å². The normalized spacial score (nSPS) is 23.0. The zero-order valence-electron chi connectivity index (χ0n) is 25.3. The molecule has 10 heteroatoms. The van der Waals surface area contributed by atoms with Crippen LogP contribution in [0.25, 0.3) is 0 Å². The van der Waals surface area contributed by atoms with Gasteiger partial charge in [-0.15, -0.1) is 5.10 Å². The van der Waals surface area contributed by atoms with Crippen molar-refractivity contribution in [2.75, 3.05) is 38.3 Å². The van der Waals surface area contributed by atoms with Gasteiger partial charge in [-0.05, 0) is 60.6 Å². The summed E-state index contributed by atoms with van der Waals surface area (Å²) in [7, 11) is -0.231. The molecular weight excluding hydrogens is 546 g/mol. The highest BCUT2D eigenvalue weighted by Crippen LogP contribution is 2.46. The second kappa shape index (κ2) is 13.5. The maximum atomic E-state index is 12.3. The fourth-order valence-electron chi connectivity index (χ4n) is 6.88. The van der Waals surface area contributed by atoms with E-state index in [1.165, 1.54) is 10.8 Å². The smallest absolute Gasteiger partial charge is 0.240 e. The number of benzene rings is 2. The Morgan fingerprint density at radius 1 is 1.07 bits per heavy atom. The number of piperazine rings is 1. The Hall–Kier alpha value is -3.05. The van der Waals surface area contributed by atoms with Gasteiger partial charge >= 0.3 is 0 Å². The number of amides is 1. The summed E-state index contributed by atoms with van der Waals surface area (Å²) in [4.78, 5) is 14.2. The number of anilines is 1. The number of carbonyl (C=O) groups excluding carboxylic acids is 1. The molecule has 3 heterocycles. The first-order valence-corrected chi connectivity index (χ1v) is 18.3. The van der Waals surface area contributed by atoms with E-state index in [-0.39, 0.29) is 24.7 Å². The minimum Gasteiger partial charge on any atom is -0.497 e. The van der Waals surface area contributed by atoms with Crippen LogP contribution in [0.3, 0.4) is 0 Å². The van der Waals surface area contributed by atoms with Crippen molar-refractivity contribution < 1.29 is 19.4 Å². The molecular formula is C32H45N5O4Si. The van der Waals surface area contributed by atoms with Gasteiger partial charge < -0.3 is 24.8 Å². The lowest BCUT2D eigenvalue weighted by Gasteiger charge is -2.36. The fourth-order valence-corrected chi connectivity index (χ4v) is 11.0. The lowest BCUT2D eigenvalue weighted by Crippen LogP contribution is -2.50. The highest BCUT2D eigenvalue weighted by Gasteiger charge is 2.50. The van der Waals surface area contributed by atoms with Crippen LogP contribution in [-0.2, 0) is 28.9 Å². The number of nitrogens with zero attached hydrogens (tertiary/aromatic N) is 4. The molecule has 4 atom stereocenters. The number of carbonyl (C=O) groups is 1. The van der Waals surface area contributed by atoms with Crippen LogP contribution in [0.2, 0.25) is 18.6 Å². The molecule has 0 unspecified atom stereocenters. The van der Waals surface area contributed by atoms with Crippen LogP contribution < -0.4 is 20.1 Å². The van der Waals surface area contributed by atoms with E-state index in [1.54, 1.807) is 7.11 Å². The van der Waals surface area contributed by atoms with Crippen LogP contribution in [0.5, 0.6) is 5.75 Å². The standard InChI is InChI=1S/C32H45N5O4Si/c1-23-29(14-7-24-5-8-26(9-6-24)37-19-17-33-21-31(37)39)41-30(15-18-36-22-25(16-20-38)34-35-36)32(23)42(3,4)28-12-10-27(40-2)11-13-28/h5-6,8-13,22-23,29-30,32-33,38H,7,14-21H2,1-4H3/t23-,29+,30-,32+/m0/s1. The number of hydrogen-bond donors (Lipinski definition) is 2. The summed E-state index contributed by atoms with van der Waals surface area (Å²) in [6, 6.07) is 17.1. The Kier molecular flexibility index (Phi) is 9.77. The first-order valence-electron chi connectivity index (χ1n) is 15.2. The highest BCUT2D eigenvalue weighted by molar-refractivity contribution is 6.91. The van der Waals surface area contributed by atoms with E-state index in [2.05, 4.69) is 84.2 Å². The van der Waals surface area contributed by atoms with Crippen LogP contribution in [-0.4, -0.2) is 79.6 Å². The van der Waals surface area contributed by atoms with E-state index in [4.69, 9.17) is 9.47 Å². The Labute approximate surface area is 250 Å². The molecule has 2 fully saturated rings. The summed E-state index contributed by atoms with van der Waals surface area (Å²) in [5.74, 6) is 1.42. The number of aliphatic hydroxyl groups excluding tert-OH is 1. The zero-order valence-corrected chi connectivity index (χ0v) is 26.3. The highest BCUT2D eigenvalue weighted by atomic mass is 28.3. The third kappa shape index (κ3) is 6.77. The maximum absolute atomic E-state index is 12.3. The third-order valence-electron chi connectivity index (χ3n) is 9.22. The Balaban J connectivity index is 1.29. The molecule has 0 bridgehead atoms. The fraction of sp³-hybridized carbons (Fsp3) is 0.531. The van der Waals surface area contributed by atoms with Crippen molar-refractivity contribution in [3.8, 4) is 5.75 Å². The number of methoxy groups -OCH3 is 1. The molecule has 2 saturated heterocycles. The van der Waals surface area contributed by atoms with Crippen LogP contribution in [0.4, 0.5) is 5.69 Å².